The van der Waals surface area contributed by atoms with Crippen LogP contribution in [0.4, 0.5) is 23.1 Å². The van der Waals surface area contributed by atoms with Crippen molar-refractivity contribution in [1.82, 2.24) is 15.2 Å². The van der Waals surface area contributed by atoms with Crippen molar-refractivity contribution in [3.8, 4) is 5.75 Å². The van der Waals surface area contributed by atoms with Gasteiger partial charge in [0.1, 0.15) is 5.75 Å². The molecule has 3 aromatic rings. The fourth-order valence-electron chi connectivity index (χ4n) is 2.49. The van der Waals surface area contributed by atoms with Gasteiger partial charge in [0.2, 0.25) is 5.95 Å². The van der Waals surface area contributed by atoms with E-state index in [-0.39, 0.29) is 12.1 Å². The van der Waals surface area contributed by atoms with E-state index in [0.717, 1.165) is 17.1 Å². The summed E-state index contributed by atoms with van der Waals surface area (Å²) in [5, 5.41) is 14.2. The summed E-state index contributed by atoms with van der Waals surface area (Å²) in [6.07, 6.45) is 1.64. The highest BCUT2D eigenvalue weighted by molar-refractivity contribution is 5.89. The minimum atomic E-state index is -0.348. The van der Waals surface area contributed by atoms with Crippen LogP contribution in [-0.4, -0.2) is 33.9 Å². The average molecular weight is 393 g/mol. The molecule has 0 aliphatic rings. The zero-order valence-corrected chi connectivity index (χ0v) is 16.5. The summed E-state index contributed by atoms with van der Waals surface area (Å²) in [6, 6.07) is 14.4. The van der Waals surface area contributed by atoms with E-state index >= 15 is 0 Å². The zero-order valence-electron chi connectivity index (χ0n) is 16.5. The Morgan fingerprint density at radius 1 is 1.00 bits per heavy atom. The Hall–Kier alpha value is -3.68. The molecule has 0 amide bonds. The molecular weight excluding hydrogens is 370 g/mol. The van der Waals surface area contributed by atoms with Gasteiger partial charge in [-0.1, -0.05) is 0 Å². The quantitative estimate of drug-likeness (QED) is 0.546. The summed E-state index contributed by atoms with van der Waals surface area (Å²) >= 11 is 0. The molecule has 3 rings (SSSR count). The maximum Gasteiger partial charge on any atom is 0.338 e. The van der Waals surface area contributed by atoms with Crippen molar-refractivity contribution in [2.75, 3.05) is 17.2 Å². The molecule has 0 aliphatic carbocycles. The number of ether oxygens (including phenoxy) is 2. The molecule has 1 heterocycles. The largest absolute Gasteiger partial charge is 0.491 e. The number of nitrogens with one attached hydrogen (secondary N) is 2. The van der Waals surface area contributed by atoms with E-state index in [2.05, 4.69) is 25.8 Å². The summed E-state index contributed by atoms with van der Waals surface area (Å²) in [5.74, 6) is 1.33. The molecule has 2 aromatic carbocycles. The molecule has 8 nitrogen and oxygen atoms in total. The van der Waals surface area contributed by atoms with Gasteiger partial charge in [-0.3, -0.25) is 0 Å². The molecule has 0 fully saturated rings. The molecule has 29 heavy (non-hydrogen) atoms. The second kappa shape index (κ2) is 9.50. The Morgan fingerprint density at radius 2 is 1.66 bits per heavy atom. The van der Waals surface area contributed by atoms with Crippen molar-refractivity contribution in [1.29, 1.82) is 0 Å². The van der Waals surface area contributed by atoms with E-state index in [1.54, 1.807) is 31.2 Å². The van der Waals surface area contributed by atoms with Crippen LogP contribution < -0.4 is 15.4 Å². The number of anilines is 4. The molecular formula is C21H23N5O3. The molecule has 0 saturated carbocycles. The Labute approximate surface area is 169 Å². The molecule has 0 spiro atoms. The van der Waals surface area contributed by atoms with Crippen LogP contribution in [0, 0.1) is 0 Å². The molecule has 2 N–H and O–H groups in total. The maximum atomic E-state index is 11.7. The number of rotatable bonds is 8. The summed E-state index contributed by atoms with van der Waals surface area (Å²) in [7, 11) is 0. The van der Waals surface area contributed by atoms with Crippen molar-refractivity contribution in [2.45, 2.75) is 26.9 Å². The van der Waals surface area contributed by atoms with Crippen LogP contribution in [0.5, 0.6) is 5.75 Å². The Morgan fingerprint density at radius 3 is 2.31 bits per heavy atom. The van der Waals surface area contributed by atoms with E-state index in [0.29, 0.717) is 23.9 Å². The van der Waals surface area contributed by atoms with Crippen molar-refractivity contribution in [2.24, 2.45) is 0 Å². The van der Waals surface area contributed by atoms with E-state index in [1.165, 1.54) is 6.20 Å². The summed E-state index contributed by atoms with van der Waals surface area (Å²) < 4.78 is 10.6. The molecule has 1 aromatic heterocycles. The minimum Gasteiger partial charge on any atom is -0.491 e. The van der Waals surface area contributed by atoms with Crippen LogP contribution in [0.25, 0.3) is 0 Å². The first kappa shape index (κ1) is 20.1. The minimum absolute atomic E-state index is 0.121. The zero-order chi connectivity index (χ0) is 20.6. The van der Waals surface area contributed by atoms with E-state index in [9.17, 15) is 4.79 Å². The van der Waals surface area contributed by atoms with Gasteiger partial charge in [-0.15, -0.1) is 5.10 Å². The molecule has 0 saturated heterocycles. The Kier molecular flexibility index (Phi) is 6.57. The molecule has 8 heteroatoms. The highest BCUT2D eigenvalue weighted by Crippen LogP contribution is 2.20. The van der Waals surface area contributed by atoms with Gasteiger partial charge in [-0.05, 0) is 69.3 Å². The van der Waals surface area contributed by atoms with Crippen molar-refractivity contribution >= 4 is 29.1 Å². The van der Waals surface area contributed by atoms with Gasteiger partial charge in [0.15, 0.2) is 5.82 Å². The number of hydrogen-bond acceptors (Lipinski definition) is 8. The highest BCUT2D eigenvalue weighted by atomic mass is 16.5. The first-order valence-corrected chi connectivity index (χ1v) is 9.31. The first-order chi connectivity index (χ1) is 14.0. The highest BCUT2D eigenvalue weighted by Gasteiger charge is 2.07. The van der Waals surface area contributed by atoms with Crippen molar-refractivity contribution < 1.29 is 14.3 Å². The van der Waals surface area contributed by atoms with Gasteiger partial charge in [0.25, 0.3) is 0 Å². The number of hydrogen-bond donors (Lipinski definition) is 2. The van der Waals surface area contributed by atoms with Gasteiger partial charge >= 0.3 is 5.97 Å². The SMILES string of the molecule is CCOC(=O)c1ccc(Nc2cnnc(Nc3ccc(OC(C)C)cc3)n2)cc1. The normalized spacial score (nSPS) is 10.5. The molecule has 0 aliphatic heterocycles. The topological polar surface area (TPSA) is 98.3 Å². The van der Waals surface area contributed by atoms with Crippen molar-refractivity contribution in [3.05, 3.63) is 60.3 Å². The molecule has 150 valence electrons. The van der Waals surface area contributed by atoms with Gasteiger partial charge in [-0.25, -0.2) is 4.79 Å². The number of carbonyl (C=O) groups excluding carboxylic acids is 1. The van der Waals surface area contributed by atoms with Crippen LogP contribution in [-0.2, 0) is 4.74 Å². The summed E-state index contributed by atoms with van der Waals surface area (Å²) in [4.78, 5) is 16.1. The molecule has 0 unspecified atom stereocenters. The third-order valence-electron chi connectivity index (χ3n) is 3.71. The van der Waals surface area contributed by atoms with E-state index < -0.39 is 0 Å². The second-order valence-corrected chi connectivity index (χ2v) is 6.40. The number of esters is 1. The third kappa shape index (κ3) is 5.90. The Balaban J connectivity index is 1.64. The lowest BCUT2D eigenvalue weighted by Gasteiger charge is -2.11. The van der Waals surface area contributed by atoms with Gasteiger partial charge < -0.3 is 20.1 Å². The molecule has 0 bridgehead atoms. The smallest absolute Gasteiger partial charge is 0.338 e. The lowest BCUT2D eigenvalue weighted by molar-refractivity contribution is 0.0526. The van der Waals surface area contributed by atoms with Gasteiger partial charge in [0.05, 0.1) is 24.5 Å². The van der Waals surface area contributed by atoms with Crippen molar-refractivity contribution in [3.63, 3.8) is 0 Å². The monoisotopic (exact) mass is 393 g/mol. The number of carbonyl (C=O) groups is 1. The van der Waals surface area contributed by atoms with Crippen LogP contribution >= 0.6 is 0 Å². The van der Waals surface area contributed by atoms with E-state index in [1.807, 2.05) is 38.1 Å². The standard InChI is InChI=1S/C21H23N5O3/c1-4-28-20(27)15-5-7-16(8-6-15)23-19-13-22-26-21(25-19)24-17-9-11-18(12-10-17)29-14(2)3/h5-14H,4H2,1-3H3,(H2,23,24,25,26). The summed E-state index contributed by atoms with van der Waals surface area (Å²) in [6.45, 7) is 6.08. The van der Waals surface area contributed by atoms with Crippen LogP contribution in [0.2, 0.25) is 0 Å². The fourth-order valence-corrected chi connectivity index (χ4v) is 2.49. The molecule has 0 atom stereocenters. The summed E-state index contributed by atoms with van der Waals surface area (Å²) in [5.41, 5.74) is 2.07. The number of nitrogens with zero attached hydrogens (tertiary/aromatic N) is 3. The average Bonchev–Trinajstić information content (AvgIpc) is 2.70. The van der Waals surface area contributed by atoms with Crippen LogP contribution in [0.1, 0.15) is 31.1 Å². The number of benzene rings is 2. The first-order valence-electron chi connectivity index (χ1n) is 9.31. The van der Waals surface area contributed by atoms with Gasteiger partial charge in [0, 0.05) is 11.4 Å². The fraction of sp³-hybridized carbons (Fsp3) is 0.238. The maximum absolute atomic E-state index is 11.7. The number of aromatic nitrogens is 3. The van der Waals surface area contributed by atoms with E-state index in [4.69, 9.17) is 9.47 Å². The third-order valence-corrected chi connectivity index (χ3v) is 3.71. The van der Waals surface area contributed by atoms with Crippen LogP contribution in [0.3, 0.4) is 0 Å². The predicted octanol–water partition coefficient (Wildman–Crippen LogP) is 4.32. The second-order valence-electron chi connectivity index (χ2n) is 6.40. The lowest BCUT2D eigenvalue weighted by atomic mass is 10.2. The van der Waals surface area contributed by atoms with Gasteiger partial charge in [-0.2, -0.15) is 10.1 Å². The Bertz CT molecular complexity index is 943. The lowest BCUT2D eigenvalue weighted by Crippen LogP contribution is -2.06. The molecule has 0 radical (unpaired) electrons. The van der Waals surface area contributed by atoms with Crippen LogP contribution in [0.15, 0.2) is 54.7 Å². The predicted molar refractivity (Wildman–Crippen MR) is 111 cm³/mol.